The number of amides is 1. The number of hydrogen-bond acceptors (Lipinski definition) is 3. The minimum Gasteiger partial charge on any atom is -0.444 e. The summed E-state index contributed by atoms with van der Waals surface area (Å²) in [6.45, 7) is 9.82. The number of ether oxygens (including phenoxy) is 1. The summed E-state index contributed by atoms with van der Waals surface area (Å²) < 4.78 is 5.26. The van der Waals surface area contributed by atoms with E-state index in [4.69, 9.17) is 4.74 Å². The van der Waals surface area contributed by atoms with E-state index in [-0.39, 0.29) is 12.1 Å². The van der Waals surface area contributed by atoms with Gasteiger partial charge in [0.2, 0.25) is 0 Å². The van der Waals surface area contributed by atoms with Crippen LogP contribution in [-0.4, -0.2) is 23.8 Å². The molecule has 0 aromatic heterocycles. The second-order valence-electron chi connectivity index (χ2n) is 7.03. The lowest BCUT2D eigenvalue weighted by Crippen LogP contribution is -2.50. The van der Waals surface area contributed by atoms with Gasteiger partial charge in [0.05, 0.1) is 0 Å². The van der Waals surface area contributed by atoms with Gasteiger partial charge in [-0.05, 0) is 70.7 Å². The number of benzene rings is 1. The van der Waals surface area contributed by atoms with Crippen LogP contribution in [0, 0.1) is 13.8 Å². The molecule has 1 aromatic carbocycles. The highest BCUT2D eigenvalue weighted by molar-refractivity contribution is 5.68. The minimum absolute atomic E-state index is 0.211. The molecule has 1 aliphatic carbocycles. The summed E-state index contributed by atoms with van der Waals surface area (Å²) in [7, 11) is 0. The van der Waals surface area contributed by atoms with Crippen molar-refractivity contribution in [1.29, 1.82) is 0 Å². The third-order valence-corrected chi connectivity index (χ3v) is 3.45. The third kappa shape index (κ3) is 4.96. The summed E-state index contributed by atoms with van der Waals surface area (Å²) in [5.41, 5.74) is 3.25. The fraction of sp³-hybridized carbons (Fsp3) is 0.588. The molecule has 1 saturated carbocycles. The molecule has 0 aliphatic heterocycles. The predicted octanol–water partition coefficient (Wildman–Crippen LogP) is 3.77. The van der Waals surface area contributed by atoms with E-state index >= 15 is 0 Å². The number of rotatable bonds is 3. The Hall–Kier alpha value is -1.71. The number of anilines is 1. The first kappa shape index (κ1) is 15.7. The van der Waals surface area contributed by atoms with E-state index in [1.807, 2.05) is 20.8 Å². The summed E-state index contributed by atoms with van der Waals surface area (Å²) in [5.74, 6) is 0. The van der Waals surface area contributed by atoms with Crippen LogP contribution in [0.25, 0.3) is 0 Å². The topological polar surface area (TPSA) is 50.4 Å². The van der Waals surface area contributed by atoms with Gasteiger partial charge in [0.25, 0.3) is 0 Å². The summed E-state index contributed by atoms with van der Waals surface area (Å²) in [5, 5.41) is 6.43. The molecular formula is C17H26N2O2. The van der Waals surface area contributed by atoms with Gasteiger partial charge in [0, 0.05) is 17.8 Å². The lowest BCUT2D eigenvalue weighted by atomic mass is 9.86. The van der Waals surface area contributed by atoms with Crippen LogP contribution in [0.5, 0.6) is 0 Å². The maximum atomic E-state index is 11.7. The maximum absolute atomic E-state index is 11.7. The van der Waals surface area contributed by atoms with Gasteiger partial charge in [-0.3, -0.25) is 0 Å². The molecule has 2 rings (SSSR count). The van der Waals surface area contributed by atoms with Crippen molar-refractivity contribution in [3.05, 3.63) is 29.3 Å². The van der Waals surface area contributed by atoms with Crippen molar-refractivity contribution < 1.29 is 9.53 Å². The van der Waals surface area contributed by atoms with Crippen molar-refractivity contribution in [2.45, 2.75) is 65.1 Å². The lowest BCUT2D eigenvalue weighted by molar-refractivity contribution is 0.0475. The van der Waals surface area contributed by atoms with Crippen molar-refractivity contribution >= 4 is 11.8 Å². The third-order valence-electron chi connectivity index (χ3n) is 3.45. The van der Waals surface area contributed by atoms with E-state index < -0.39 is 5.60 Å². The van der Waals surface area contributed by atoms with Crippen LogP contribution in [0.1, 0.15) is 44.7 Å². The molecule has 1 aliphatic rings. The first-order chi connectivity index (χ1) is 9.71. The van der Waals surface area contributed by atoms with Crippen molar-refractivity contribution in [2.24, 2.45) is 0 Å². The fourth-order valence-electron chi connectivity index (χ4n) is 2.62. The highest BCUT2D eigenvalue weighted by Crippen LogP contribution is 2.25. The summed E-state index contributed by atoms with van der Waals surface area (Å²) in [6.07, 6.45) is 1.55. The van der Waals surface area contributed by atoms with Gasteiger partial charge in [-0.2, -0.15) is 0 Å². The molecule has 4 nitrogen and oxygen atoms in total. The summed E-state index contributed by atoms with van der Waals surface area (Å²) in [4.78, 5) is 11.7. The maximum Gasteiger partial charge on any atom is 0.407 e. The Balaban J connectivity index is 1.75. The van der Waals surface area contributed by atoms with Gasteiger partial charge < -0.3 is 15.4 Å². The predicted molar refractivity (Wildman–Crippen MR) is 85.7 cm³/mol. The fourth-order valence-corrected chi connectivity index (χ4v) is 2.62. The summed E-state index contributed by atoms with van der Waals surface area (Å²) >= 11 is 0. The SMILES string of the molecule is Cc1cc(C)cc(NC2CC(NC(=O)OC(C)(C)C)C2)c1. The highest BCUT2D eigenvalue weighted by atomic mass is 16.6. The van der Waals surface area contributed by atoms with E-state index in [0.29, 0.717) is 6.04 Å². The molecule has 0 bridgehead atoms. The van der Waals surface area contributed by atoms with Gasteiger partial charge in [-0.25, -0.2) is 4.79 Å². The minimum atomic E-state index is -0.440. The van der Waals surface area contributed by atoms with E-state index in [0.717, 1.165) is 18.5 Å². The van der Waals surface area contributed by atoms with Crippen LogP contribution in [0.3, 0.4) is 0 Å². The zero-order valence-electron chi connectivity index (χ0n) is 13.6. The Labute approximate surface area is 127 Å². The molecule has 1 amide bonds. The number of carbonyl (C=O) groups excluding carboxylic acids is 1. The average Bonchev–Trinajstić information content (AvgIpc) is 2.21. The van der Waals surface area contributed by atoms with E-state index in [1.165, 1.54) is 11.1 Å². The molecule has 1 aromatic rings. The van der Waals surface area contributed by atoms with Crippen molar-refractivity contribution in [1.82, 2.24) is 5.32 Å². The van der Waals surface area contributed by atoms with Gasteiger partial charge in [-0.1, -0.05) is 6.07 Å². The van der Waals surface area contributed by atoms with Crippen LogP contribution >= 0.6 is 0 Å². The van der Waals surface area contributed by atoms with Crippen LogP contribution in [-0.2, 0) is 4.74 Å². The van der Waals surface area contributed by atoms with Crippen LogP contribution in [0.2, 0.25) is 0 Å². The van der Waals surface area contributed by atoms with Gasteiger partial charge >= 0.3 is 6.09 Å². The smallest absolute Gasteiger partial charge is 0.407 e. The van der Waals surface area contributed by atoms with Crippen LogP contribution in [0.4, 0.5) is 10.5 Å². The number of hydrogen-bond donors (Lipinski definition) is 2. The van der Waals surface area contributed by atoms with Crippen LogP contribution < -0.4 is 10.6 Å². The Morgan fingerprint density at radius 3 is 2.19 bits per heavy atom. The summed E-state index contributed by atoms with van der Waals surface area (Å²) in [6, 6.07) is 7.11. The second kappa shape index (κ2) is 5.96. The molecular weight excluding hydrogens is 264 g/mol. The van der Waals surface area contributed by atoms with Crippen LogP contribution in [0.15, 0.2) is 18.2 Å². The number of nitrogens with one attached hydrogen (secondary N) is 2. The monoisotopic (exact) mass is 290 g/mol. The Kier molecular flexibility index (Phi) is 4.45. The van der Waals surface area contributed by atoms with E-state index in [1.54, 1.807) is 0 Å². The average molecular weight is 290 g/mol. The Bertz CT molecular complexity index is 494. The lowest BCUT2D eigenvalue weighted by Gasteiger charge is -2.37. The normalized spacial score (nSPS) is 21.4. The number of aryl methyl sites for hydroxylation is 2. The highest BCUT2D eigenvalue weighted by Gasteiger charge is 2.31. The molecule has 0 heterocycles. The van der Waals surface area contributed by atoms with Crippen molar-refractivity contribution in [2.75, 3.05) is 5.32 Å². The van der Waals surface area contributed by atoms with Crippen molar-refractivity contribution in [3.8, 4) is 0 Å². The molecule has 1 fully saturated rings. The molecule has 0 atom stereocenters. The Morgan fingerprint density at radius 1 is 1.10 bits per heavy atom. The molecule has 0 saturated heterocycles. The molecule has 116 valence electrons. The number of carbonyl (C=O) groups is 1. The first-order valence-electron chi connectivity index (χ1n) is 7.55. The quantitative estimate of drug-likeness (QED) is 0.891. The van der Waals surface area contributed by atoms with Crippen molar-refractivity contribution in [3.63, 3.8) is 0 Å². The van der Waals surface area contributed by atoms with Gasteiger partial charge in [0.1, 0.15) is 5.60 Å². The molecule has 2 N–H and O–H groups in total. The van der Waals surface area contributed by atoms with Gasteiger partial charge in [-0.15, -0.1) is 0 Å². The zero-order valence-corrected chi connectivity index (χ0v) is 13.6. The second-order valence-corrected chi connectivity index (χ2v) is 7.03. The molecule has 21 heavy (non-hydrogen) atoms. The largest absolute Gasteiger partial charge is 0.444 e. The van der Waals surface area contributed by atoms with Gasteiger partial charge in [0.15, 0.2) is 0 Å². The standard InChI is InChI=1S/C17H26N2O2/c1-11-6-12(2)8-13(7-11)18-14-9-15(10-14)19-16(20)21-17(3,4)5/h6-8,14-15,18H,9-10H2,1-5H3,(H,19,20). The van der Waals surface area contributed by atoms with E-state index in [9.17, 15) is 4.79 Å². The number of alkyl carbamates (subject to hydrolysis) is 1. The van der Waals surface area contributed by atoms with E-state index in [2.05, 4.69) is 42.7 Å². The molecule has 0 unspecified atom stereocenters. The first-order valence-corrected chi connectivity index (χ1v) is 7.55. The molecule has 0 spiro atoms. The molecule has 0 radical (unpaired) electrons. The molecule has 4 heteroatoms. The Morgan fingerprint density at radius 2 is 1.67 bits per heavy atom. The zero-order chi connectivity index (χ0) is 15.6.